The fourth-order valence-corrected chi connectivity index (χ4v) is 3.85. The summed E-state index contributed by atoms with van der Waals surface area (Å²) in [5, 5.41) is 2.92. The van der Waals surface area contributed by atoms with Gasteiger partial charge < -0.3 is 19.4 Å². The Balaban J connectivity index is 1.68. The van der Waals surface area contributed by atoms with E-state index in [0.29, 0.717) is 12.3 Å². The predicted octanol–water partition coefficient (Wildman–Crippen LogP) is 2.44. The number of methoxy groups -OCH3 is 1. The predicted molar refractivity (Wildman–Crippen MR) is 105 cm³/mol. The number of benzene rings is 1. The van der Waals surface area contributed by atoms with Crippen LogP contribution in [0.2, 0.25) is 0 Å². The number of aromatic nitrogens is 1. The Morgan fingerprint density at radius 1 is 1.37 bits per heavy atom. The van der Waals surface area contributed by atoms with Gasteiger partial charge in [-0.3, -0.25) is 9.59 Å². The molecule has 2 heterocycles. The van der Waals surface area contributed by atoms with E-state index in [1.165, 1.54) is 7.11 Å². The molecular weight excluding hydrogens is 364 g/mol. The van der Waals surface area contributed by atoms with Crippen LogP contribution in [0.3, 0.4) is 0 Å². The normalized spacial score (nSPS) is 16.3. The highest BCUT2D eigenvalue weighted by atomic mass is 32.2. The van der Waals surface area contributed by atoms with Gasteiger partial charge in [-0.25, -0.2) is 0 Å². The summed E-state index contributed by atoms with van der Waals surface area (Å²) in [5.41, 5.74) is 0.596. The van der Waals surface area contributed by atoms with Crippen LogP contribution >= 0.6 is 11.8 Å². The maximum atomic E-state index is 12.4. The first kappa shape index (κ1) is 19.5. The zero-order valence-corrected chi connectivity index (χ0v) is 16.2. The van der Waals surface area contributed by atoms with E-state index in [1.807, 2.05) is 30.3 Å². The Morgan fingerprint density at radius 3 is 2.89 bits per heavy atom. The molecule has 3 rings (SSSR count). The molecule has 1 aliphatic heterocycles. The first-order chi connectivity index (χ1) is 13.2. The quantitative estimate of drug-likeness (QED) is 0.704. The second kappa shape index (κ2) is 9.62. The maximum absolute atomic E-state index is 12.4. The molecule has 6 nitrogen and oxygen atoms in total. The van der Waals surface area contributed by atoms with Gasteiger partial charge in [0.15, 0.2) is 5.75 Å². The molecule has 1 aromatic heterocycles. The van der Waals surface area contributed by atoms with E-state index in [1.54, 1.807) is 28.6 Å². The van der Waals surface area contributed by atoms with Crippen LogP contribution in [0.15, 0.2) is 52.3 Å². The zero-order chi connectivity index (χ0) is 19.1. The van der Waals surface area contributed by atoms with Crippen molar-refractivity contribution >= 4 is 17.7 Å². The van der Waals surface area contributed by atoms with E-state index >= 15 is 0 Å². The number of ether oxygens (including phenoxy) is 2. The van der Waals surface area contributed by atoms with Gasteiger partial charge in [0.25, 0.3) is 0 Å². The average Bonchev–Trinajstić information content (AvgIpc) is 3.21. The van der Waals surface area contributed by atoms with Gasteiger partial charge in [-0.1, -0.05) is 18.2 Å². The van der Waals surface area contributed by atoms with Gasteiger partial charge in [0.2, 0.25) is 11.3 Å². The van der Waals surface area contributed by atoms with Gasteiger partial charge in [0, 0.05) is 35.6 Å². The smallest absolute Gasteiger partial charge is 0.240 e. The first-order valence-corrected chi connectivity index (χ1v) is 9.98. The lowest BCUT2D eigenvalue weighted by atomic mass is 10.2. The van der Waals surface area contributed by atoms with Crippen molar-refractivity contribution in [2.45, 2.75) is 36.1 Å². The van der Waals surface area contributed by atoms with Crippen LogP contribution in [0.5, 0.6) is 5.75 Å². The molecule has 1 amide bonds. The van der Waals surface area contributed by atoms with Gasteiger partial charge in [0.1, 0.15) is 6.54 Å². The van der Waals surface area contributed by atoms with Gasteiger partial charge in [-0.15, -0.1) is 11.8 Å². The SMILES string of the molecule is COc1cn(CC(=O)NCC2CCCO2)c(CSc2ccccc2)cc1=O. The Kier molecular flexibility index (Phi) is 6.95. The minimum Gasteiger partial charge on any atom is -0.491 e. The number of hydrogen-bond donors (Lipinski definition) is 1. The van der Waals surface area contributed by atoms with Gasteiger partial charge in [-0.05, 0) is 25.0 Å². The average molecular weight is 388 g/mol. The van der Waals surface area contributed by atoms with Crippen molar-refractivity contribution < 1.29 is 14.3 Å². The van der Waals surface area contributed by atoms with Gasteiger partial charge >= 0.3 is 0 Å². The van der Waals surface area contributed by atoms with Crippen molar-refractivity contribution in [2.75, 3.05) is 20.3 Å². The number of hydrogen-bond acceptors (Lipinski definition) is 5. The summed E-state index contributed by atoms with van der Waals surface area (Å²) >= 11 is 1.62. The number of nitrogens with one attached hydrogen (secondary N) is 1. The summed E-state index contributed by atoms with van der Waals surface area (Å²) in [4.78, 5) is 25.6. The standard InChI is InChI=1S/C20H24N2O4S/c1-25-19-12-22(13-20(24)21-11-16-6-5-9-26-16)15(10-18(19)23)14-27-17-7-3-2-4-8-17/h2-4,7-8,10,12,16H,5-6,9,11,13-14H2,1H3,(H,21,24). The van der Waals surface area contributed by atoms with Crippen LogP contribution in [0.25, 0.3) is 0 Å². The molecule has 1 atom stereocenters. The molecule has 1 N–H and O–H groups in total. The number of rotatable bonds is 8. The third-order valence-corrected chi connectivity index (χ3v) is 5.44. The Bertz CT molecular complexity index is 816. The highest BCUT2D eigenvalue weighted by molar-refractivity contribution is 7.98. The second-order valence-electron chi connectivity index (χ2n) is 6.37. The fourth-order valence-electron chi connectivity index (χ4n) is 2.94. The van der Waals surface area contributed by atoms with Gasteiger partial charge in [-0.2, -0.15) is 0 Å². The van der Waals surface area contributed by atoms with Crippen LogP contribution in [0, 0.1) is 0 Å². The Morgan fingerprint density at radius 2 is 2.19 bits per heavy atom. The molecule has 0 spiro atoms. The van der Waals surface area contributed by atoms with Crippen molar-refractivity contribution in [1.82, 2.24) is 9.88 Å². The van der Waals surface area contributed by atoms with Gasteiger partial charge in [0.05, 0.1) is 19.4 Å². The third kappa shape index (κ3) is 5.61. The molecule has 2 aromatic rings. The summed E-state index contributed by atoms with van der Waals surface area (Å²) in [5.74, 6) is 0.708. The third-order valence-electron chi connectivity index (χ3n) is 4.40. The number of carbonyl (C=O) groups excluding carboxylic acids is 1. The van der Waals surface area contributed by atoms with Crippen molar-refractivity contribution in [3.05, 3.63) is 58.5 Å². The Labute approximate surface area is 162 Å². The van der Waals surface area contributed by atoms with Crippen LogP contribution in [0.1, 0.15) is 18.5 Å². The van der Waals surface area contributed by atoms with E-state index in [4.69, 9.17) is 9.47 Å². The maximum Gasteiger partial charge on any atom is 0.240 e. The molecule has 7 heteroatoms. The minimum absolute atomic E-state index is 0.102. The summed E-state index contributed by atoms with van der Waals surface area (Å²) < 4.78 is 12.4. The molecule has 27 heavy (non-hydrogen) atoms. The van der Waals surface area contributed by atoms with Crippen molar-refractivity contribution in [3.8, 4) is 5.75 Å². The molecule has 0 radical (unpaired) electrons. The number of amides is 1. The molecule has 1 unspecified atom stereocenters. The summed E-state index contributed by atoms with van der Waals surface area (Å²) in [6, 6.07) is 11.5. The topological polar surface area (TPSA) is 69.6 Å². The molecule has 144 valence electrons. The molecule has 0 bridgehead atoms. The second-order valence-corrected chi connectivity index (χ2v) is 7.41. The van der Waals surface area contributed by atoms with Crippen molar-refractivity contribution in [1.29, 1.82) is 0 Å². The monoisotopic (exact) mass is 388 g/mol. The van der Waals surface area contributed by atoms with E-state index in [9.17, 15) is 9.59 Å². The lowest BCUT2D eigenvalue weighted by Gasteiger charge is -2.16. The molecule has 1 aromatic carbocycles. The van der Waals surface area contributed by atoms with E-state index in [2.05, 4.69) is 5.32 Å². The van der Waals surface area contributed by atoms with E-state index < -0.39 is 0 Å². The molecule has 1 aliphatic rings. The van der Waals surface area contributed by atoms with Crippen LogP contribution in [0.4, 0.5) is 0 Å². The number of thioether (sulfide) groups is 1. The molecule has 0 aliphatic carbocycles. The van der Waals surface area contributed by atoms with E-state index in [0.717, 1.165) is 30.0 Å². The first-order valence-electron chi connectivity index (χ1n) is 8.99. The minimum atomic E-state index is -0.183. The van der Waals surface area contributed by atoms with Crippen LogP contribution in [-0.2, 0) is 21.8 Å². The molecule has 0 saturated carbocycles. The molecule has 1 fully saturated rings. The molecular formula is C20H24N2O4S. The Hall–Kier alpha value is -2.25. The lowest BCUT2D eigenvalue weighted by molar-refractivity contribution is -0.122. The highest BCUT2D eigenvalue weighted by Gasteiger charge is 2.17. The van der Waals surface area contributed by atoms with Crippen molar-refractivity contribution in [2.24, 2.45) is 0 Å². The van der Waals surface area contributed by atoms with E-state index in [-0.39, 0.29) is 29.7 Å². The van der Waals surface area contributed by atoms with Crippen LogP contribution < -0.4 is 15.5 Å². The highest BCUT2D eigenvalue weighted by Crippen LogP contribution is 2.22. The summed E-state index contributed by atoms with van der Waals surface area (Å²) in [6.45, 7) is 1.41. The van der Waals surface area contributed by atoms with Crippen molar-refractivity contribution in [3.63, 3.8) is 0 Å². The fraction of sp³-hybridized carbons (Fsp3) is 0.400. The largest absolute Gasteiger partial charge is 0.491 e. The number of pyridine rings is 1. The number of carbonyl (C=O) groups is 1. The van der Waals surface area contributed by atoms with Crippen LogP contribution in [-0.4, -0.2) is 36.8 Å². The lowest BCUT2D eigenvalue weighted by Crippen LogP contribution is -2.34. The number of nitrogens with zero attached hydrogens (tertiary/aromatic N) is 1. The molecule has 1 saturated heterocycles. The summed E-state index contributed by atoms with van der Waals surface area (Å²) in [7, 11) is 1.46. The zero-order valence-electron chi connectivity index (χ0n) is 15.3. The summed E-state index contributed by atoms with van der Waals surface area (Å²) in [6.07, 6.45) is 3.73.